The standard InChI is InChI=1S/C21H22N4O/c22-20-12-17(13-23-20)16-6-3-7-18(11-16)24-21(26)25-19-9-8-14-4-1-2-5-15(14)10-19/h3,6-11,13H,1-2,4-5,12H2,(H2,22,23)(H2,24,25,26). The molecule has 0 saturated carbocycles. The van der Waals surface area contributed by atoms with Crippen LogP contribution >= 0.6 is 0 Å². The van der Waals surface area contributed by atoms with Crippen LogP contribution in [0, 0.1) is 0 Å². The molecular formula is C21H22N4O. The summed E-state index contributed by atoms with van der Waals surface area (Å²) in [4.78, 5) is 16.5. The van der Waals surface area contributed by atoms with E-state index in [0.717, 1.165) is 35.4 Å². The topological polar surface area (TPSA) is 79.5 Å². The first kappa shape index (κ1) is 16.4. The average Bonchev–Trinajstić information content (AvgIpc) is 3.08. The van der Waals surface area contributed by atoms with Gasteiger partial charge in [0.2, 0.25) is 0 Å². The molecule has 0 spiro atoms. The van der Waals surface area contributed by atoms with Crippen molar-refractivity contribution in [2.45, 2.75) is 32.1 Å². The average molecular weight is 346 g/mol. The number of aryl methyl sites for hydroxylation is 2. The number of anilines is 2. The number of carbonyl (C=O) groups excluding carboxylic acids is 1. The van der Waals surface area contributed by atoms with Crippen molar-refractivity contribution in [2.75, 3.05) is 10.6 Å². The van der Waals surface area contributed by atoms with Crippen molar-refractivity contribution in [2.24, 2.45) is 10.7 Å². The van der Waals surface area contributed by atoms with E-state index in [2.05, 4.69) is 27.8 Å². The number of nitrogens with one attached hydrogen (secondary N) is 2. The second-order valence-corrected chi connectivity index (χ2v) is 6.80. The number of benzene rings is 2. The highest BCUT2D eigenvalue weighted by atomic mass is 16.2. The number of amidine groups is 1. The van der Waals surface area contributed by atoms with Gasteiger partial charge in [0, 0.05) is 24.0 Å². The van der Waals surface area contributed by atoms with Gasteiger partial charge in [0.1, 0.15) is 5.84 Å². The number of hydrogen-bond acceptors (Lipinski definition) is 3. The maximum absolute atomic E-state index is 12.4. The van der Waals surface area contributed by atoms with Crippen LogP contribution in [-0.4, -0.2) is 11.9 Å². The van der Waals surface area contributed by atoms with Crippen LogP contribution in [0.5, 0.6) is 0 Å². The second-order valence-electron chi connectivity index (χ2n) is 6.80. The van der Waals surface area contributed by atoms with Crippen LogP contribution < -0.4 is 16.4 Å². The van der Waals surface area contributed by atoms with E-state index in [1.54, 1.807) is 6.20 Å². The molecule has 5 nitrogen and oxygen atoms in total. The normalized spacial score (nSPS) is 15.7. The lowest BCUT2D eigenvalue weighted by atomic mass is 9.91. The monoisotopic (exact) mass is 346 g/mol. The summed E-state index contributed by atoms with van der Waals surface area (Å²) in [6.45, 7) is 0. The SMILES string of the molecule is NC1=NC=C(c2cccc(NC(=O)Nc3ccc4c(c3)CCCC4)c2)C1. The minimum atomic E-state index is -0.242. The van der Waals surface area contributed by atoms with Gasteiger partial charge < -0.3 is 16.4 Å². The lowest BCUT2D eigenvalue weighted by Crippen LogP contribution is -2.19. The fourth-order valence-corrected chi connectivity index (χ4v) is 3.53. The molecule has 0 bridgehead atoms. The van der Waals surface area contributed by atoms with E-state index in [1.807, 2.05) is 30.3 Å². The molecule has 5 heteroatoms. The van der Waals surface area contributed by atoms with E-state index >= 15 is 0 Å². The lowest BCUT2D eigenvalue weighted by Gasteiger charge is -2.17. The Kier molecular flexibility index (Phi) is 4.44. The molecule has 1 aliphatic heterocycles. The van der Waals surface area contributed by atoms with Crippen LogP contribution in [0.15, 0.2) is 53.7 Å². The quantitative estimate of drug-likeness (QED) is 0.774. The summed E-state index contributed by atoms with van der Waals surface area (Å²) in [6.07, 6.45) is 7.13. The van der Waals surface area contributed by atoms with Crippen LogP contribution in [0.1, 0.15) is 36.0 Å². The van der Waals surface area contributed by atoms with E-state index in [1.165, 1.54) is 24.0 Å². The zero-order valence-corrected chi connectivity index (χ0v) is 14.6. The van der Waals surface area contributed by atoms with Crippen molar-refractivity contribution >= 4 is 28.8 Å². The van der Waals surface area contributed by atoms with Gasteiger partial charge >= 0.3 is 6.03 Å². The summed E-state index contributed by atoms with van der Waals surface area (Å²) in [6, 6.07) is 13.7. The minimum absolute atomic E-state index is 0.242. The molecule has 132 valence electrons. The van der Waals surface area contributed by atoms with Crippen LogP contribution in [0.2, 0.25) is 0 Å². The number of nitrogens with two attached hydrogens (primary N) is 1. The predicted molar refractivity (Wildman–Crippen MR) is 106 cm³/mol. The van der Waals surface area contributed by atoms with Crippen LogP contribution in [-0.2, 0) is 12.8 Å². The van der Waals surface area contributed by atoms with E-state index in [0.29, 0.717) is 12.3 Å². The van der Waals surface area contributed by atoms with Crippen molar-refractivity contribution in [1.29, 1.82) is 0 Å². The molecule has 2 amide bonds. The van der Waals surface area contributed by atoms with Gasteiger partial charge in [-0.25, -0.2) is 9.79 Å². The smallest absolute Gasteiger partial charge is 0.323 e. The van der Waals surface area contributed by atoms with Gasteiger partial charge in [0.15, 0.2) is 0 Å². The maximum atomic E-state index is 12.4. The molecule has 1 heterocycles. The number of rotatable bonds is 3. The number of urea groups is 1. The van der Waals surface area contributed by atoms with Crippen molar-refractivity contribution in [3.05, 3.63) is 65.4 Å². The number of amides is 2. The number of carbonyl (C=O) groups is 1. The van der Waals surface area contributed by atoms with Crippen molar-refractivity contribution in [3.63, 3.8) is 0 Å². The molecule has 2 aromatic rings. The number of hydrogen-bond donors (Lipinski definition) is 3. The highest BCUT2D eigenvalue weighted by Gasteiger charge is 2.12. The first-order chi connectivity index (χ1) is 12.7. The summed E-state index contributed by atoms with van der Waals surface area (Å²) in [5, 5.41) is 5.83. The van der Waals surface area contributed by atoms with Crippen molar-refractivity contribution in [3.8, 4) is 0 Å². The number of fused-ring (bicyclic) bond motifs is 1. The van der Waals surface area contributed by atoms with Crippen LogP contribution in [0.3, 0.4) is 0 Å². The van der Waals surface area contributed by atoms with E-state index < -0.39 is 0 Å². The molecule has 0 unspecified atom stereocenters. The summed E-state index contributed by atoms with van der Waals surface area (Å²) in [5.41, 5.74) is 12.1. The number of aliphatic imine (C=N–C) groups is 1. The van der Waals surface area contributed by atoms with Crippen molar-refractivity contribution in [1.82, 2.24) is 0 Å². The highest BCUT2D eigenvalue weighted by molar-refractivity contribution is 6.00. The Morgan fingerprint density at radius 2 is 1.73 bits per heavy atom. The molecule has 2 aliphatic rings. The molecule has 0 fully saturated rings. The summed E-state index contributed by atoms with van der Waals surface area (Å²) in [5.74, 6) is 0.614. The Labute approximate surface area is 153 Å². The fraction of sp³-hybridized carbons (Fsp3) is 0.238. The molecule has 1 aliphatic carbocycles. The van der Waals surface area contributed by atoms with Gasteiger partial charge in [0.25, 0.3) is 0 Å². The van der Waals surface area contributed by atoms with Gasteiger partial charge in [0.05, 0.1) is 0 Å². The second kappa shape index (κ2) is 7.04. The van der Waals surface area contributed by atoms with Gasteiger partial charge in [-0.2, -0.15) is 0 Å². The van der Waals surface area contributed by atoms with E-state index in [9.17, 15) is 4.79 Å². The molecule has 0 radical (unpaired) electrons. The fourth-order valence-electron chi connectivity index (χ4n) is 3.53. The van der Waals surface area contributed by atoms with Crippen molar-refractivity contribution < 1.29 is 4.79 Å². The minimum Gasteiger partial charge on any atom is -0.387 e. The Hall–Kier alpha value is -3.08. The molecule has 2 aromatic carbocycles. The van der Waals surface area contributed by atoms with Gasteiger partial charge in [-0.15, -0.1) is 0 Å². The molecule has 4 N–H and O–H groups in total. The molecule has 0 atom stereocenters. The molecule has 0 saturated heterocycles. The van der Waals surface area contributed by atoms with Crippen LogP contribution in [0.4, 0.5) is 16.2 Å². The largest absolute Gasteiger partial charge is 0.387 e. The van der Waals surface area contributed by atoms with Gasteiger partial charge in [-0.1, -0.05) is 18.2 Å². The zero-order chi connectivity index (χ0) is 17.9. The summed E-state index contributed by atoms with van der Waals surface area (Å²) in [7, 11) is 0. The third-order valence-corrected chi connectivity index (χ3v) is 4.86. The van der Waals surface area contributed by atoms with E-state index in [4.69, 9.17) is 5.73 Å². The summed E-state index contributed by atoms with van der Waals surface area (Å²) < 4.78 is 0. The maximum Gasteiger partial charge on any atom is 0.323 e. The molecule has 0 aromatic heterocycles. The first-order valence-corrected chi connectivity index (χ1v) is 8.99. The van der Waals surface area contributed by atoms with Gasteiger partial charge in [-0.05, 0) is 72.2 Å². The molecule has 4 rings (SSSR count). The first-order valence-electron chi connectivity index (χ1n) is 8.99. The third kappa shape index (κ3) is 3.61. The lowest BCUT2D eigenvalue weighted by molar-refractivity contribution is 0.262. The molecular weight excluding hydrogens is 324 g/mol. The highest BCUT2D eigenvalue weighted by Crippen LogP contribution is 2.26. The third-order valence-electron chi connectivity index (χ3n) is 4.86. The predicted octanol–water partition coefficient (Wildman–Crippen LogP) is 4.31. The Bertz CT molecular complexity index is 914. The number of nitrogens with zero attached hydrogens (tertiary/aromatic N) is 1. The Morgan fingerprint density at radius 1 is 0.962 bits per heavy atom. The Morgan fingerprint density at radius 3 is 2.50 bits per heavy atom. The Balaban J connectivity index is 1.42. The molecule has 26 heavy (non-hydrogen) atoms. The zero-order valence-electron chi connectivity index (χ0n) is 14.6. The van der Waals surface area contributed by atoms with Gasteiger partial charge in [-0.3, -0.25) is 0 Å². The summed E-state index contributed by atoms with van der Waals surface area (Å²) >= 11 is 0. The van der Waals surface area contributed by atoms with Crippen LogP contribution in [0.25, 0.3) is 5.57 Å². The van der Waals surface area contributed by atoms with E-state index in [-0.39, 0.29) is 6.03 Å².